The van der Waals surface area contributed by atoms with Crippen molar-refractivity contribution >= 4 is 27.5 Å². The Balaban J connectivity index is 1.15. The Labute approximate surface area is 292 Å². The van der Waals surface area contributed by atoms with Gasteiger partial charge in [-0.2, -0.15) is 0 Å². The van der Waals surface area contributed by atoms with E-state index < -0.39 is 11.4 Å². The topological polar surface area (TPSA) is 103 Å². The van der Waals surface area contributed by atoms with Crippen LogP contribution in [0.2, 0.25) is 0 Å². The van der Waals surface area contributed by atoms with Crippen molar-refractivity contribution in [2.45, 2.75) is 65.4 Å². The molecule has 8 rings (SSSR count). The summed E-state index contributed by atoms with van der Waals surface area (Å²) >= 11 is 3.63. The Hall–Kier alpha value is -4.28. The Morgan fingerprint density at radius 2 is 1.65 bits per heavy atom. The van der Waals surface area contributed by atoms with Gasteiger partial charge < -0.3 is 24.1 Å². The molecule has 8 nitrogen and oxygen atoms in total. The molecule has 0 bridgehead atoms. The molecule has 1 aliphatic heterocycles. The maximum Gasteiger partial charge on any atom is 0.265 e. The molecule has 252 valence electrons. The minimum atomic E-state index is -1.28. The molecule has 0 amide bonds. The van der Waals surface area contributed by atoms with Gasteiger partial charge in [0.15, 0.2) is 17.3 Å². The van der Waals surface area contributed by atoms with Crippen LogP contribution in [0, 0.1) is 23.1 Å². The Kier molecular flexibility index (Phi) is 7.79. The largest absolute Gasteiger partial charge is 0.487 e. The normalized spacial score (nSPS) is 22.0. The van der Waals surface area contributed by atoms with Gasteiger partial charge in [-0.1, -0.05) is 81.4 Å². The number of epoxide rings is 1. The van der Waals surface area contributed by atoms with E-state index >= 15 is 4.39 Å². The van der Waals surface area contributed by atoms with Gasteiger partial charge in [0.05, 0.1) is 10.0 Å². The van der Waals surface area contributed by atoms with Crippen LogP contribution < -0.4 is 14.8 Å². The van der Waals surface area contributed by atoms with Gasteiger partial charge in [0.25, 0.3) is 5.88 Å². The molecule has 10 heteroatoms. The monoisotopic (exact) mass is 726 g/mol. The van der Waals surface area contributed by atoms with E-state index in [0.29, 0.717) is 57.8 Å². The van der Waals surface area contributed by atoms with Crippen molar-refractivity contribution in [3.8, 4) is 11.6 Å². The maximum absolute atomic E-state index is 16.6. The van der Waals surface area contributed by atoms with Crippen molar-refractivity contribution in [1.82, 2.24) is 10.5 Å². The number of aromatic nitrogens is 1. The average Bonchev–Trinajstić information content (AvgIpc) is 3.71. The summed E-state index contributed by atoms with van der Waals surface area (Å²) in [5.41, 5.74) is 2.19. The lowest BCUT2D eigenvalue weighted by atomic mass is 9.63. The molecule has 3 aromatic carbocycles. The van der Waals surface area contributed by atoms with Crippen LogP contribution in [0.3, 0.4) is 0 Å². The fraction of sp³-hybridized carbons (Fsp3) is 0.359. The van der Waals surface area contributed by atoms with Crippen molar-refractivity contribution < 1.29 is 32.7 Å². The van der Waals surface area contributed by atoms with Gasteiger partial charge in [0.2, 0.25) is 11.4 Å². The molecule has 0 radical (unpaired) electrons. The first-order valence-electron chi connectivity index (χ1n) is 16.7. The predicted octanol–water partition coefficient (Wildman–Crippen LogP) is 7.71. The lowest BCUT2D eigenvalue weighted by molar-refractivity contribution is 0.0734. The fourth-order valence-electron chi connectivity index (χ4n) is 7.58. The van der Waals surface area contributed by atoms with Gasteiger partial charge >= 0.3 is 0 Å². The summed E-state index contributed by atoms with van der Waals surface area (Å²) in [6.07, 6.45) is 1.14. The number of hydrogen-bond acceptors (Lipinski definition) is 8. The van der Waals surface area contributed by atoms with Gasteiger partial charge in [0, 0.05) is 42.1 Å². The number of hydrogen-bond donors (Lipinski definition) is 1. The Morgan fingerprint density at radius 3 is 2.33 bits per heavy atom. The second-order valence-electron chi connectivity index (χ2n) is 14.6. The highest BCUT2D eigenvalue weighted by atomic mass is 79.9. The van der Waals surface area contributed by atoms with E-state index in [2.05, 4.69) is 47.2 Å². The van der Waals surface area contributed by atoms with E-state index in [4.69, 9.17) is 18.7 Å². The molecule has 4 aliphatic rings. The van der Waals surface area contributed by atoms with Crippen molar-refractivity contribution in [2.75, 3.05) is 6.54 Å². The lowest BCUT2D eigenvalue weighted by Gasteiger charge is -2.36. The van der Waals surface area contributed by atoms with Gasteiger partial charge in [-0.15, -0.1) is 0 Å². The Morgan fingerprint density at radius 1 is 0.980 bits per heavy atom. The van der Waals surface area contributed by atoms with Crippen LogP contribution in [-0.4, -0.2) is 28.9 Å². The number of fused-ring (bicyclic) bond motifs is 3. The van der Waals surface area contributed by atoms with Crippen LogP contribution in [0.1, 0.15) is 75.9 Å². The molecule has 49 heavy (non-hydrogen) atoms. The van der Waals surface area contributed by atoms with Crippen molar-refractivity contribution in [2.24, 2.45) is 17.3 Å². The molecule has 1 saturated heterocycles. The van der Waals surface area contributed by atoms with Crippen LogP contribution in [0.25, 0.3) is 0 Å². The van der Waals surface area contributed by atoms with Crippen LogP contribution in [0.15, 0.2) is 81.0 Å². The van der Waals surface area contributed by atoms with E-state index in [1.807, 2.05) is 60.7 Å². The summed E-state index contributed by atoms with van der Waals surface area (Å²) < 4.78 is 41.2. The standard InChI is InChI=1S/C39H36BrFN2O6/c1-38(2,3)20-42-17-26-31(40)34(46-18-21-10-6-4-7-11-21)29-25(32(26)41)15-23-14-24-16-27-30(35(45)39(24)36(48-39)28(23)33(29)44)37(43-49-27)47-19-22-12-8-5-9-13-22/h4-13,23-24,42H,14-20H2,1-3H3/t23?,24-,39+/m0/s1. The van der Waals surface area contributed by atoms with Crippen LogP contribution in [0.5, 0.6) is 11.6 Å². The molecule has 1 unspecified atom stereocenters. The predicted molar refractivity (Wildman–Crippen MR) is 182 cm³/mol. The van der Waals surface area contributed by atoms with Gasteiger partial charge in [-0.05, 0) is 56.4 Å². The number of ether oxygens (including phenoxy) is 3. The molecule has 3 atom stereocenters. The molecule has 1 spiro atoms. The number of carbonyl (C=O) groups excluding carboxylic acids is 2. The second-order valence-corrected chi connectivity index (χ2v) is 15.4. The zero-order valence-corrected chi connectivity index (χ0v) is 29.1. The number of Topliss-reactive ketones (excluding diaryl/α,β-unsaturated/α-hetero) is 2. The number of halogens is 2. The minimum absolute atomic E-state index is 0.00466. The summed E-state index contributed by atoms with van der Waals surface area (Å²) in [5.74, 6) is -0.452. The number of benzene rings is 3. The fourth-order valence-corrected chi connectivity index (χ4v) is 8.21. The highest BCUT2D eigenvalue weighted by Gasteiger charge is 2.72. The first-order chi connectivity index (χ1) is 23.6. The third-order valence-corrected chi connectivity index (χ3v) is 10.8. The summed E-state index contributed by atoms with van der Waals surface area (Å²) in [4.78, 5) is 28.8. The number of allylic oxidation sites excluding steroid dienone is 1. The number of rotatable bonds is 9. The molecule has 1 fully saturated rings. The van der Waals surface area contributed by atoms with Gasteiger partial charge in [-0.25, -0.2) is 4.39 Å². The van der Waals surface area contributed by atoms with E-state index in [-0.39, 0.29) is 72.0 Å². The van der Waals surface area contributed by atoms with E-state index in [1.165, 1.54) is 0 Å². The maximum atomic E-state index is 16.6. The minimum Gasteiger partial charge on any atom is -0.487 e. The van der Waals surface area contributed by atoms with Crippen molar-refractivity contribution in [1.29, 1.82) is 0 Å². The lowest BCUT2D eigenvalue weighted by Crippen LogP contribution is -2.44. The third kappa shape index (κ3) is 5.40. The number of ketones is 2. The highest BCUT2D eigenvalue weighted by molar-refractivity contribution is 9.10. The van der Waals surface area contributed by atoms with Crippen molar-refractivity contribution in [3.05, 3.63) is 121 Å². The van der Waals surface area contributed by atoms with E-state index in [0.717, 1.165) is 11.1 Å². The second kappa shape index (κ2) is 11.9. The van der Waals surface area contributed by atoms with Crippen LogP contribution >= 0.6 is 15.9 Å². The van der Waals surface area contributed by atoms with Gasteiger partial charge in [-0.3, -0.25) is 9.59 Å². The molecule has 1 aromatic heterocycles. The first-order valence-corrected chi connectivity index (χ1v) is 17.4. The zero-order chi connectivity index (χ0) is 34.1. The summed E-state index contributed by atoms with van der Waals surface area (Å²) in [6, 6.07) is 19.2. The van der Waals surface area contributed by atoms with Crippen molar-refractivity contribution in [3.63, 3.8) is 0 Å². The molecular weight excluding hydrogens is 691 g/mol. The summed E-state index contributed by atoms with van der Waals surface area (Å²) in [6.45, 7) is 7.68. The molecule has 1 N–H and O–H groups in total. The number of nitrogens with zero attached hydrogens (tertiary/aromatic N) is 1. The quantitative estimate of drug-likeness (QED) is 0.175. The summed E-state index contributed by atoms with van der Waals surface area (Å²) in [5, 5.41) is 7.48. The van der Waals surface area contributed by atoms with Crippen LogP contribution in [0.4, 0.5) is 4.39 Å². The highest BCUT2D eigenvalue weighted by Crippen LogP contribution is 2.63. The molecule has 0 saturated carbocycles. The van der Waals surface area contributed by atoms with Crippen LogP contribution in [-0.2, 0) is 37.3 Å². The zero-order valence-electron chi connectivity index (χ0n) is 27.5. The molecular formula is C39H36BrFN2O6. The molecule has 2 heterocycles. The van der Waals surface area contributed by atoms with E-state index in [9.17, 15) is 9.59 Å². The number of carbonyl (C=O) groups is 2. The van der Waals surface area contributed by atoms with Gasteiger partial charge in [0.1, 0.15) is 30.3 Å². The number of nitrogens with one attached hydrogen (secondary N) is 1. The first kappa shape index (κ1) is 32.0. The summed E-state index contributed by atoms with van der Waals surface area (Å²) in [7, 11) is 0. The third-order valence-electron chi connectivity index (χ3n) is 9.93. The average molecular weight is 728 g/mol. The molecule has 3 aliphatic carbocycles. The Bertz CT molecular complexity index is 2020. The van der Waals surface area contributed by atoms with E-state index in [1.54, 1.807) is 0 Å². The molecule has 4 aromatic rings. The SMILES string of the molecule is CC(C)(C)CNCc1c(F)c2c(c(OCc3ccccc3)c1Br)C(=O)C1=C3O[C@]34C(=O)c3c(OCc5ccccc5)noc3C[C@@H]4CC1C2. The smallest absolute Gasteiger partial charge is 0.265 e.